The van der Waals surface area contributed by atoms with Gasteiger partial charge in [-0.25, -0.2) is 9.97 Å². The molecule has 2 amide bonds. The molecule has 1 fully saturated rings. The van der Waals surface area contributed by atoms with Crippen LogP contribution in [0.25, 0.3) is 5.95 Å². The second-order valence-electron chi connectivity index (χ2n) is 8.58. The van der Waals surface area contributed by atoms with Gasteiger partial charge in [0.1, 0.15) is 17.3 Å². The van der Waals surface area contributed by atoms with Gasteiger partial charge in [-0.3, -0.25) is 19.1 Å². The molecule has 12 heteroatoms. The predicted octanol–water partition coefficient (Wildman–Crippen LogP) is 2.08. The van der Waals surface area contributed by atoms with E-state index in [2.05, 4.69) is 20.3 Å². The number of nitrogens with two attached hydrogens (primary N) is 1. The average molecular weight is 531 g/mol. The number of aromatic nitrogens is 4. The summed E-state index contributed by atoms with van der Waals surface area (Å²) in [6.07, 6.45) is 6.23. The fraction of sp³-hybridized carbons (Fsp3) is 0.375. The van der Waals surface area contributed by atoms with Gasteiger partial charge in [0, 0.05) is 43.1 Å². The Morgan fingerprint density at radius 3 is 2.61 bits per heavy atom. The molecule has 2 aromatic heterocycles. The molecule has 1 aliphatic rings. The Morgan fingerprint density at radius 1 is 1.17 bits per heavy atom. The average Bonchev–Trinajstić information content (AvgIpc) is 3.40. The molecule has 3 heterocycles. The smallest absolute Gasteiger partial charge is 0.252 e. The number of imidazole rings is 1. The first-order valence-electron chi connectivity index (χ1n) is 11.7. The SMILES string of the molecule is CCCN1CCN(c2cc(Cl)nc(-n3ccnc3)n2)CC1(C(N)=O)C(=O)NCCc1ccc(Cl)cc1. The van der Waals surface area contributed by atoms with Gasteiger partial charge in [0.2, 0.25) is 11.9 Å². The van der Waals surface area contributed by atoms with E-state index in [-0.39, 0.29) is 11.7 Å². The van der Waals surface area contributed by atoms with Crippen molar-refractivity contribution in [3.8, 4) is 5.95 Å². The van der Waals surface area contributed by atoms with E-state index in [1.165, 1.54) is 0 Å². The van der Waals surface area contributed by atoms with E-state index in [4.69, 9.17) is 28.9 Å². The zero-order valence-corrected chi connectivity index (χ0v) is 21.4. The van der Waals surface area contributed by atoms with E-state index in [0.717, 1.165) is 12.0 Å². The van der Waals surface area contributed by atoms with Crippen LogP contribution >= 0.6 is 23.2 Å². The van der Waals surface area contributed by atoms with Gasteiger partial charge in [-0.1, -0.05) is 42.3 Å². The Kier molecular flexibility index (Phi) is 8.07. The molecule has 1 unspecified atom stereocenters. The van der Waals surface area contributed by atoms with Gasteiger partial charge in [-0.15, -0.1) is 0 Å². The van der Waals surface area contributed by atoms with Crippen molar-refractivity contribution < 1.29 is 9.59 Å². The maximum atomic E-state index is 13.6. The van der Waals surface area contributed by atoms with Crippen LogP contribution in [0.3, 0.4) is 0 Å². The molecule has 0 bridgehead atoms. The van der Waals surface area contributed by atoms with Crippen LogP contribution in [0.1, 0.15) is 18.9 Å². The van der Waals surface area contributed by atoms with Gasteiger partial charge in [0.15, 0.2) is 5.54 Å². The van der Waals surface area contributed by atoms with E-state index in [0.29, 0.717) is 49.4 Å². The number of anilines is 1. The van der Waals surface area contributed by atoms with Gasteiger partial charge in [-0.05, 0) is 37.1 Å². The van der Waals surface area contributed by atoms with Crippen molar-refractivity contribution in [3.63, 3.8) is 0 Å². The van der Waals surface area contributed by atoms with Crippen molar-refractivity contribution in [2.45, 2.75) is 25.3 Å². The lowest BCUT2D eigenvalue weighted by Gasteiger charge is -2.47. The zero-order chi connectivity index (χ0) is 25.7. The van der Waals surface area contributed by atoms with Gasteiger partial charge in [0.05, 0.1) is 6.54 Å². The molecule has 36 heavy (non-hydrogen) atoms. The first kappa shape index (κ1) is 25.9. The third-order valence-electron chi connectivity index (χ3n) is 6.22. The minimum Gasteiger partial charge on any atom is -0.368 e. The molecule has 0 saturated carbocycles. The Balaban J connectivity index is 1.59. The van der Waals surface area contributed by atoms with Crippen LogP contribution < -0.4 is 16.0 Å². The maximum Gasteiger partial charge on any atom is 0.252 e. The lowest BCUT2D eigenvalue weighted by Crippen LogP contribution is -2.74. The summed E-state index contributed by atoms with van der Waals surface area (Å²) < 4.78 is 1.63. The predicted molar refractivity (Wildman–Crippen MR) is 138 cm³/mol. The second kappa shape index (κ2) is 11.2. The van der Waals surface area contributed by atoms with Crippen LogP contribution in [0.5, 0.6) is 0 Å². The number of benzene rings is 1. The molecule has 1 aromatic carbocycles. The number of hydrogen-bond donors (Lipinski definition) is 2. The number of nitrogens with one attached hydrogen (secondary N) is 1. The van der Waals surface area contributed by atoms with Crippen LogP contribution in [0.4, 0.5) is 5.82 Å². The Labute approximate surface area is 219 Å². The highest BCUT2D eigenvalue weighted by Gasteiger charge is 2.53. The topological polar surface area (TPSA) is 122 Å². The van der Waals surface area contributed by atoms with Crippen molar-refractivity contribution in [2.24, 2.45) is 5.73 Å². The lowest BCUT2D eigenvalue weighted by molar-refractivity contribution is -0.145. The molecule has 1 aliphatic heterocycles. The maximum absolute atomic E-state index is 13.6. The van der Waals surface area contributed by atoms with Crippen molar-refractivity contribution in [1.82, 2.24) is 29.7 Å². The van der Waals surface area contributed by atoms with E-state index >= 15 is 0 Å². The Morgan fingerprint density at radius 2 is 1.94 bits per heavy atom. The zero-order valence-electron chi connectivity index (χ0n) is 19.9. The number of carbonyl (C=O) groups excluding carboxylic acids is 2. The summed E-state index contributed by atoms with van der Waals surface area (Å²) in [4.78, 5) is 43.2. The summed E-state index contributed by atoms with van der Waals surface area (Å²) in [7, 11) is 0. The number of primary amides is 1. The number of piperazine rings is 1. The number of nitrogens with zero attached hydrogens (tertiary/aromatic N) is 6. The van der Waals surface area contributed by atoms with E-state index in [9.17, 15) is 9.59 Å². The molecule has 4 rings (SSSR count). The van der Waals surface area contributed by atoms with Crippen LogP contribution in [0, 0.1) is 0 Å². The fourth-order valence-electron chi connectivity index (χ4n) is 4.38. The quantitative estimate of drug-likeness (QED) is 0.320. The van der Waals surface area contributed by atoms with Crippen molar-refractivity contribution in [1.29, 1.82) is 0 Å². The van der Waals surface area contributed by atoms with E-state index in [1.807, 2.05) is 28.9 Å². The van der Waals surface area contributed by atoms with Crippen molar-refractivity contribution in [2.75, 3.05) is 37.6 Å². The third-order valence-corrected chi connectivity index (χ3v) is 6.66. The van der Waals surface area contributed by atoms with E-state index in [1.54, 1.807) is 41.5 Å². The Hall–Kier alpha value is -3.21. The number of amides is 2. The summed E-state index contributed by atoms with van der Waals surface area (Å²) in [6.45, 7) is 3.91. The monoisotopic (exact) mass is 530 g/mol. The molecular formula is C24H28Cl2N8O2. The molecule has 1 saturated heterocycles. The molecular weight excluding hydrogens is 503 g/mol. The molecule has 3 aromatic rings. The van der Waals surface area contributed by atoms with E-state index < -0.39 is 17.4 Å². The van der Waals surface area contributed by atoms with Gasteiger partial charge in [-0.2, -0.15) is 4.98 Å². The van der Waals surface area contributed by atoms with Crippen LogP contribution in [0.15, 0.2) is 49.1 Å². The van der Waals surface area contributed by atoms with Gasteiger partial charge in [0.25, 0.3) is 5.91 Å². The normalized spacial score (nSPS) is 18.2. The van der Waals surface area contributed by atoms with Gasteiger partial charge < -0.3 is 16.0 Å². The summed E-state index contributed by atoms with van der Waals surface area (Å²) >= 11 is 12.3. The van der Waals surface area contributed by atoms with Crippen LogP contribution in [0.2, 0.25) is 10.2 Å². The highest BCUT2D eigenvalue weighted by molar-refractivity contribution is 6.30. The first-order valence-corrected chi connectivity index (χ1v) is 12.4. The minimum absolute atomic E-state index is 0.0336. The van der Waals surface area contributed by atoms with Crippen LogP contribution in [-0.4, -0.2) is 74.5 Å². The standard InChI is InChI=1S/C24H28Cl2N8O2/c1-2-10-34-13-12-32(20-14-19(26)30-23(31-20)33-11-9-28-16-33)15-24(34,21(27)35)22(36)29-8-7-17-3-5-18(25)6-4-17/h3-6,9,11,14,16H,2,7-8,10,12-13,15H2,1H3,(H2,27,35)(H,29,36). The summed E-state index contributed by atoms with van der Waals surface area (Å²) in [6, 6.07) is 9.02. The lowest BCUT2D eigenvalue weighted by atomic mass is 9.90. The van der Waals surface area contributed by atoms with Crippen molar-refractivity contribution in [3.05, 3.63) is 64.8 Å². The molecule has 0 aliphatic carbocycles. The highest BCUT2D eigenvalue weighted by Crippen LogP contribution is 2.28. The fourth-order valence-corrected chi connectivity index (χ4v) is 4.68. The van der Waals surface area contributed by atoms with Gasteiger partial charge >= 0.3 is 0 Å². The first-order chi connectivity index (χ1) is 17.3. The third kappa shape index (κ3) is 5.45. The Bertz CT molecular complexity index is 1210. The molecule has 10 nitrogen and oxygen atoms in total. The summed E-state index contributed by atoms with van der Waals surface area (Å²) in [5.41, 5.74) is 5.40. The molecule has 0 radical (unpaired) electrons. The summed E-state index contributed by atoms with van der Waals surface area (Å²) in [5, 5.41) is 3.81. The minimum atomic E-state index is -1.57. The largest absolute Gasteiger partial charge is 0.368 e. The number of hydrogen-bond acceptors (Lipinski definition) is 7. The highest BCUT2D eigenvalue weighted by atomic mass is 35.5. The molecule has 190 valence electrons. The summed E-state index contributed by atoms with van der Waals surface area (Å²) in [5.74, 6) is -0.311. The second-order valence-corrected chi connectivity index (χ2v) is 9.41. The number of rotatable bonds is 9. The van der Waals surface area contributed by atoms with Crippen LogP contribution in [-0.2, 0) is 16.0 Å². The molecule has 0 spiro atoms. The number of halogens is 2. The van der Waals surface area contributed by atoms with Crippen molar-refractivity contribution >= 4 is 40.8 Å². The molecule has 1 atom stereocenters. The molecule has 3 N–H and O–H groups in total. The number of carbonyl (C=O) groups is 2.